The van der Waals surface area contributed by atoms with E-state index in [-0.39, 0.29) is 24.0 Å². The lowest BCUT2D eigenvalue weighted by Gasteiger charge is -2.38. The number of carbonyl (C=O) groups excluding carboxylic acids is 4. The van der Waals surface area contributed by atoms with Crippen LogP contribution in [0.1, 0.15) is 40.5 Å². The van der Waals surface area contributed by atoms with E-state index in [9.17, 15) is 29.3 Å². The molecule has 1 aromatic heterocycles. The van der Waals surface area contributed by atoms with Gasteiger partial charge in [0.25, 0.3) is 17.7 Å². The zero-order chi connectivity index (χ0) is 16.2. The van der Waals surface area contributed by atoms with E-state index < -0.39 is 39.1 Å². The number of imide groups is 2. The van der Waals surface area contributed by atoms with Crippen molar-refractivity contribution in [1.29, 1.82) is 0 Å². The van der Waals surface area contributed by atoms with Crippen molar-refractivity contribution in [3.63, 3.8) is 0 Å². The topological polar surface area (TPSA) is 127 Å². The second kappa shape index (κ2) is 4.44. The second-order valence-corrected chi connectivity index (χ2v) is 6.04. The summed E-state index contributed by atoms with van der Waals surface area (Å²) in [7, 11) is 0. The maximum Gasteiger partial charge on any atom is 0.337 e. The summed E-state index contributed by atoms with van der Waals surface area (Å²) in [5.74, 6) is -2.88. The summed E-state index contributed by atoms with van der Waals surface area (Å²) in [5.41, 5.74) is -1.90. The van der Waals surface area contributed by atoms with Gasteiger partial charge in [-0.05, 0) is 13.3 Å². The number of hydrogen-bond acceptors (Lipinski definition) is 7. The Labute approximate surface area is 127 Å². The van der Waals surface area contributed by atoms with Crippen molar-refractivity contribution >= 4 is 40.0 Å². The van der Waals surface area contributed by atoms with Crippen LogP contribution in [0.15, 0.2) is 5.38 Å². The zero-order valence-corrected chi connectivity index (χ0v) is 12.1. The minimum atomic E-state index is -1.54. The number of thiophene rings is 1. The first-order valence-corrected chi connectivity index (χ1v) is 7.14. The molecule has 22 heavy (non-hydrogen) atoms. The molecule has 114 valence electrons. The molecule has 9 nitrogen and oxygen atoms in total. The Morgan fingerprint density at radius 1 is 1.32 bits per heavy atom. The van der Waals surface area contributed by atoms with Gasteiger partial charge in [-0.3, -0.25) is 39.5 Å². The third kappa shape index (κ3) is 1.70. The van der Waals surface area contributed by atoms with Gasteiger partial charge in [0.15, 0.2) is 0 Å². The van der Waals surface area contributed by atoms with Crippen LogP contribution >= 0.6 is 11.3 Å². The molecule has 0 radical (unpaired) electrons. The monoisotopic (exact) mass is 323 g/mol. The fraction of sp³-hybridized carbons (Fsp3) is 0.333. The van der Waals surface area contributed by atoms with E-state index in [2.05, 4.69) is 5.32 Å². The van der Waals surface area contributed by atoms with E-state index >= 15 is 0 Å². The number of piperidine rings is 1. The molecule has 3 rings (SSSR count). The van der Waals surface area contributed by atoms with Crippen LogP contribution in [0.2, 0.25) is 0 Å². The smallest absolute Gasteiger partial charge is 0.294 e. The van der Waals surface area contributed by atoms with Gasteiger partial charge in [0, 0.05) is 11.8 Å². The first-order chi connectivity index (χ1) is 10.3. The number of nitro groups is 1. The van der Waals surface area contributed by atoms with Crippen LogP contribution in [0.4, 0.5) is 5.00 Å². The number of fused-ring (bicyclic) bond motifs is 1. The number of nitrogens with zero attached hydrogens (tertiary/aromatic N) is 2. The van der Waals surface area contributed by atoms with Crippen molar-refractivity contribution in [3.05, 3.63) is 26.6 Å². The molecule has 0 aromatic carbocycles. The lowest BCUT2D eigenvalue weighted by Crippen LogP contribution is -2.62. The predicted molar refractivity (Wildman–Crippen MR) is 72.3 cm³/mol. The minimum absolute atomic E-state index is 0.0172. The highest BCUT2D eigenvalue weighted by Crippen LogP contribution is 2.40. The Morgan fingerprint density at radius 2 is 2.00 bits per heavy atom. The van der Waals surface area contributed by atoms with Gasteiger partial charge in [-0.25, -0.2) is 0 Å². The minimum Gasteiger partial charge on any atom is -0.294 e. The second-order valence-electron chi connectivity index (χ2n) is 5.18. The predicted octanol–water partition coefficient (Wildman–Crippen LogP) is 0.448. The standard InChI is InChI=1S/C12H9N3O6S/c1-12(3-2-6(16)13-11(12)19)14-8(17)5-4-22-10(15(20)21)7(5)9(14)18/h4H,2-3H2,1H3,(H,13,16,19)/t12-/m0/s1. The number of carbonyl (C=O) groups is 4. The van der Waals surface area contributed by atoms with Crippen LogP contribution in [-0.4, -0.2) is 39.0 Å². The molecular weight excluding hydrogens is 314 g/mol. The van der Waals surface area contributed by atoms with Gasteiger partial charge in [-0.2, -0.15) is 0 Å². The van der Waals surface area contributed by atoms with Gasteiger partial charge in [-0.15, -0.1) is 0 Å². The van der Waals surface area contributed by atoms with Crippen molar-refractivity contribution in [2.24, 2.45) is 0 Å². The van der Waals surface area contributed by atoms with Crippen molar-refractivity contribution in [1.82, 2.24) is 10.2 Å². The Morgan fingerprint density at radius 3 is 2.59 bits per heavy atom. The number of rotatable bonds is 2. The maximum atomic E-state index is 12.5. The zero-order valence-electron chi connectivity index (χ0n) is 11.2. The molecular formula is C12H9N3O6S. The van der Waals surface area contributed by atoms with Crippen LogP contribution in [0.5, 0.6) is 0 Å². The van der Waals surface area contributed by atoms with E-state index in [1.807, 2.05) is 0 Å². The first kappa shape index (κ1) is 14.3. The average molecular weight is 323 g/mol. The molecule has 4 amide bonds. The summed E-state index contributed by atoms with van der Waals surface area (Å²) in [5, 5.41) is 13.9. The van der Waals surface area contributed by atoms with E-state index in [0.29, 0.717) is 11.3 Å². The van der Waals surface area contributed by atoms with E-state index in [1.165, 1.54) is 12.3 Å². The first-order valence-electron chi connectivity index (χ1n) is 6.26. The summed E-state index contributed by atoms with van der Waals surface area (Å²) < 4.78 is 0. The van der Waals surface area contributed by atoms with Crippen molar-refractivity contribution in [2.45, 2.75) is 25.3 Å². The van der Waals surface area contributed by atoms with Crippen molar-refractivity contribution < 1.29 is 24.1 Å². The third-order valence-corrected chi connectivity index (χ3v) is 4.79. The maximum absolute atomic E-state index is 12.5. The third-order valence-electron chi connectivity index (χ3n) is 3.86. The van der Waals surface area contributed by atoms with Gasteiger partial charge in [0.1, 0.15) is 11.1 Å². The Kier molecular flexibility index (Phi) is 2.89. The molecule has 0 spiro atoms. The number of amides is 4. The van der Waals surface area contributed by atoms with Gasteiger partial charge >= 0.3 is 5.00 Å². The molecule has 1 atom stereocenters. The lowest BCUT2D eigenvalue weighted by atomic mass is 9.89. The van der Waals surface area contributed by atoms with E-state index in [0.717, 1.165) is 4.90 Å². The molecule has 1 N–H and O–H groups in total. The molecule has 0 bridgehead atoms. The molecule has 1 saturated heterocycles. The van der Waals surface area contributed by atoms with Crippen molar-refractivity contribution in [3.8, 4) is 0 Å². The molecule has 2 aliphatic heterocycles. The summed E-state index contributed by atoms with van der Waals surface area (Å²) in [4.78, 5) is 59.1. The summed E-state index contributed by atoms with van der Waals surface area (Å²) in [6.07, 6.45) is -0.0368. The molecule has 10 heteroatoms. The van der Waals surface area contributed by atoms with Crippen LogP contribution in [-0.2, 0) is 9.59 Å². The summed E-state index contributed by atoms with van der Waals surface area (Å²) in [6.45, 7) is 1.37. The normalized spacial score (nSPS) is 24.5. The largest absolute Gasteiger partial charge is 0.337 e. The van der Waals surface area contributed by atoms with Crippen LogP contribution in [0.3, 0.4) is 0 Å². The van der Waals surface area contributed by atoms with E-state index in [4.69, 9.17) is 0 Å². The fourth-order valence-electron chi connectivity index (χ4n) is 2.63. The average Bonchev–Trinajstić information content (AvgIpc) is 2.97. The molecule has 0 saturated carbocycles. The van der Waals surface area contributed by atoms with E-state index in [1.54, 1.807) is 0 Å². The van der Waals surface area contributed by atoms with Gasteiger partial charge in [0.05, 0.1) is 10.5 Å². The number of nitrogens with one attached hydrogen (secondary N) is 1. The SMILES string of the molecule is C[C@]1(N2C(=O)c3csc([N+](=O)[O-])c3C2=O)CCC(=O)NC1=O. The van der Waals surface area contributed by atoms with Crippen LogP contribution in [0, 0.1) is 10.1 Å². The number of hydrogen-bond donors (Lipinski definition) is 1. The molecule has 0 unspecified atom stereocenters. The van der Waals surface area contributed by atoms with Crippen LogP contribution in [0.25, 0.3) is 0 Å². The lowest BCUT2D eigenvalue weighted by molar-refractivity contribution is -0.380. The Bertz CT molecular complexity index is 769. The Hall–Kier alpha value is -2.62. The Balaban J connectivity index is 2.06. The summed E-state index contributed by atoms with van der Waals surface area (Å²) >= 11 is 0.694. The molecule has 2 aliphatic rings. The highest BCUT2D eigenvalue weighted by atomic mass is 32.1. The quantitative estimate of drug-likeness (QED) is 0.478. The van der Waals surface area contributed by atoms with Crippen molar-refractivity contribution in [2.75, 3.05) is 0 Å². The van der Waals surface area contributed by atoms with Crippen LogP contribution < -0.4 is 5.32 Å². The fourth-order valence-corrected chi connectivity index (χ4v) is 3.48. The highest BCUT2D eigenvalue weighted by Gasteiger charge is 2.55. The molecule has 1 fully saturated rings. The highest BCUT2D eigenvalue weighted by molar-refractivity contribution is 7.14. The molecule has 3 heterocycles. The van der Waals surface area contributed by atoms with Gasteiger partial charge < -0.3 is 0 Å². The molecule has 1 aromatic rings. The summed E-state index contributed by atoms with van der Waals surface area (Å²) in [6, 6.07) is 0. The van der Waals surface area contributed by atoms with Gasteiger partial charge in [0.2, 0.25) is 5.91 Å². The molecule has 0 aliphatic carbocycles. The van der Waals surface area contributed by atoms with Gasteiger partial charge in [-0.1, -0.05) is 11.3 Å².